The van der Waals surface area contributed by atoms with E-state index in [1.165, 1.54) is 12.3 Å². The fourth-order valence-corrected chi connectivity index (χ4v) is 2.56. The largest absolute Gasteiger partial charge is 0.416 e. The van der Waals surface area contributed by atoms with Gasteiger partial charge in [-0.05, 0) is 35.9 Å². The van der Waals surface area contributed by atoms with Crippen LogP contribution in [0.5, 0.6) is 0 Å². The molecule has 0 saturated carbocycles. The predicted octanol–water partition coefficient (Wildman–Crippen LogP) is 4.19. The van der Waals surface area contributed by atoms with E-state index in [1.807, 2.05) is 30.3 Å². The van der Waals surface area contributed by atoms with Crippen LogP contribution in [0.25, 0.3) is 5.69 Å². The van der Waals surface area contributed by atoms with Crippen LogP contribution >= 0.6 is 0 Å². The lowest BCUT2D eigenvalue weighted by Gasteiger charge is -2.11. The minimum absolute atomic E-state index is 0.187. The standard InChI is InChI=1S/C20H16F3N3O/c21-20(22,23)16-8-4-9-17(13-16)26-11-5-10-18(26)14-24-25-19(27)12-15-6-2-1-3-7-15/h1-11,13-14H,12H2,(H,25,27)/b24-14-. The Kier molecular flexibility index (Phi) is 5.40. The van der Waals surface area contributed by atoms with Gasteiger partial charge < -0.3 is 4.57 Å². The highest BCUT2D eigenvalue weighted by atomic mass is 19.4. The Labute approximate surface area is 153 Å². The van der Waals surface area contributed by atoms with Crippen molar-refractivity contribution in [2.24, 2.45) is 5.10 Å². The van der Waals surface area contributed by atoms with E-state index in [1.54, 1.807) is 29.0 Å². The van der Waals surface area contributed by atoms with Crippen LogP contribution in [0, 0.1) is 0 Å². The third-order valence-corrected chi connectivity index (χ3v) is 3.83. The second kappa shape index (κ2) is 7.90. The molecule has 0 aliphatic carbocycles. The normalized spacial score (nSPS) is 11.7. The van der Waals surface area contributed by atoms with E-state index in [0.717, 1.165) is 17.7 Å². The summed E-state index contributed by atoms with van der Waals surface area (Å²) in [5.41, 5.74) is 3.44. The van der Waals surface area contributed by atoms with Crippen LogP contribution < -0.4 is 5.43 Å². The van der Waals surface area contributed by atoms with E-state index in [2.05, 4.69) is 10.5 Å². The zero-order valence-electron chi connectivity index (χ0n) is 14.1. The first-order valence-corrected chi connectivity index (χ1v) is 8.14. The Morgan fingerprint density at radius 1 is 1.04 bits per heavy atom. The van der Waals surface area contributed by atoms with Crippen LogP contribution in [-0.4, -0.2) is 16.7 Å². The molecule has 1 N–H and O–H groups in total. The maximum Gasteiger partial charge on any atom is 0.416 e. The summed E-state index contributed by atoms with van der Waals surface area (Å²) in [6.07, 6.45) is -1.21. The van der Waals surface area contributed by atoms with Crippen molar-refractivity contribution in [2.45, 2.75) is 12.6 Å². The fourth-order valence-electron chi connectivity index (χ4n) is 2.56. The van der Waals surface area contributed by atoms with Gasteiger partial charge in [-0.3, -0.25) is 4.79 Å². The second-order valence-electron chi connectivity index (χ2n) is 5.81. The molecule has 0 aliphatic heterocycles. The van der Waals surface area contributed by atoms with Crippen molar-refractivity contribution in [1.82, 2.24) is 9.99 Å². The molecule has 0 aliphatic rings. The summed E-state index contributed by atoms with van der Waals surface area (Å²) in [4.78, 5) is 11.9. The molecule has 4 nitrogen and oxygen atoms in total. The lowest BCUT2D eigenvalue weighted by molar-refractivity contribution is -0.137. The molecule has 27 heavy (non-hydrogen) atoms. The molecular weight excluding hydrogens is 355 g/mol. The number of alkyl halides is 3. The average Bonchev–Trinajstić information content (AvgIpc) is 3.10. The van der Waals surface area contributed by atoms with Gasteiger partial charge in [-0.2, -0.15) is 18.3 Å². The number of nitrogens with one attached hydrogen (secondary N) is 1. The summed E-state index contributed by atoms with van der Waals surface area (Å²) in [6.45, 7) is 0. The Balaban J connectivity index is 1.70. The highest BCUT2D eigenvalue weighted by molar-refractivity contribution is 5.82. The van der Waals surface area contributed by atoms with Crippen molar-refractivity contribution in [3.05, 3.63) is 89.7 Å². The fraction of sp³-hybridized carbons (Fsp3) is 0.100. The van der Waals surface area contributed by atoms with Gasteiger partial charge in [0, 0.05) is 11.9 Å². The van der Waals surface area contributed by atoms with Crippen molar-refractivity contribution in [3.63, 3.8) is 0 Å². The van der Waals surface area contributed by atoms with Crippen molar-refractivity contribution < 1.29 is 18.0 Å². The first kappa shape index (κ1) is 18.4. The summed E-state index contributed by atoms with van der Waals surface area (Å²) in [6, 6.07) is 17.6. The van der Waals surface area contributed by atoms with Crippen LogP contribution in [0.4, 0.5) is 13.2 Å². The van der Waals surface area contributed by atoms with Gasteiger partial charge in [-0.25, -0.2) is 5.43 Å². The molecule has 0 fully saturated rings. The Hall–Kier alpha value is -3.35. The van der Waals surface area contributed by atoms with Gasteiger partial charge in [-0.15, -0.1) is 0 Å². The molecule has 0 unspecified atom stereocenters. The average molecular weight is 371 g/mol. The quantitative estimate of drug-likeness (QED) is 0.531. The van der Waals surface area contributed by atoms with Crippen LogP contribution in [0.2, 0.25) is 0 Å². The third kappa shape index (κ3) is 4.84. The molecule has 2 aromatic carbocycles. The number of halogens is 3. The number of benzene rings is 2. The molecule has 1 amide bonds. The first-order valence-electron chi connectivity index (χ1n) is 8.14. The van der Waals surface area contributed by atoms with Crippen LogP contribution in [0.1, 0.15) is 16.8 Å². The number of rotatable bonds is 5. The van der Waals surface area contributed by atoms with Gasteiger partial charge in [0.1, 0.15) is 0 Å². The van der Waals surface area contributed by atoms with Crippen LogP contribution in [-0.2, 0) is 17.4 Å². The number of carbonyl (C=O) groups is 1. The van der Waals surface area contributed by atoms with E-state index in [-0.39, 0.29) is 12.3 Å². The lowest BCUT2D eigenvalue weighted by atomic mass is 10.1. The topological polar surface area (TPSA) is 46.4 Å². The third-order valence-electron chi connectivity index (χ3n) is 3.83. The molecule has 1 aromatic heterocycles. The first-order chi connectivity index (χ1) is 12.9. The van der Waals surface area contributed by atoms with Gasteiger partial charge in [0.05, 0.1) is 23.9 Å². The van der Waals surface area contributed by atoms with Crippen molar-refractivity contribution in [1.29, 1.82) is 0 Å². The molecular formula is C20H16F3N3O. The molecule has 0 saturated heterocycles. The maximum absolute atomic E-state index is 12.9. The van der Waals surface area contributed by atoms with Gasteiger partial charge in [0.15, 0.2) is 0 Å². The predicted molar refractivity (Wildman–Crippen MR) is 96.7 cm³/mol. The van der Waals surface area contributed by atoms with Crippen LogP contribution in [0.3, 0.4) is 0 Å². The minimum Gasteiger partial charge on any atom is -0.316 e. The Morgan fingerprint density at radius 3 is 2.56 bits per heavy atom. The van der Waals surface area contributed by atoms with E-state index < -0.39 is 11.7 Å². The smallest absolute Gasteiger partial charge is 0.316 e. The molecule has 1 heterocycles. The van der Waals surface area contributed by atoms with E-state index >= 15 is 0 Å². The molecule has 7 heteroatoms. The summed E-state index contributed by atoms with van der Waals surface area (Å²) >= 11 is 0. The SMILES string of the molecule is O=C(Cc1ccccc1)N/N=C\c1cccn1-c1cccc(C(F)(F)F)c1. The van der Waals surface area contributed by atoms with Gasteiger partial charge in [-0.1, -0.05) is 36.4 Å². The number of nitrogens with zero attached hydrogens (tertiary/aromatic N) is 2. The number of hydrazone groups is 1. The monoisotopic (exact) mass is 371 g/mol. The van der Waals surface area contributed by atoms with E-state index in [4.69, 9.17) is 0 Å². The molecule has 0 atom stereocenters. The molecule has 138 valence electrons. The lowest BCUT2D eigenvalue weighted by Crippen LogP contribution is -2.19. The van der Waals surface area contributed by atoms with Gasteiger partial charge in [0.2, 0.25) is 5.91 Å². The second-order valence-corrected chi connectivity index (χ2v) is 5.81. The minimum atomic E-state index is -4.41. The number of aromatic nitrogens is 1. The summed E-state index contributed by atoms with van der Waals surface area (Å²) in [7, 11) is 0. The Bertz CT molecular complexity index is 946. The summed E-state index contributed by atoms with van der Waals surface area (Å²) in [5, 5.41) is 3.90. The summed E-state index contributed by atoms with van der Waals surface area (Å²) in [5.74, 6) is -0.283. The van der Waals surface area contributed by atoms with E-state index in [0.29, 0.717) is 11.4 Å². The number of hydrogen-bond donors (Lipinski definition) is 1. The van der Waals surface area contributed by atoms with Crippen molar-refractivity contribution in [3.8, 4) is 5.69 Å². The molecule has 0 bridgehead atoms. The van der Waals surface area contributed by atoms with Crippen molar-refractivity contribution >= 4 is 12.1 Å². The van der Waals surface area contributed by atoms with Gasteiger partial charge >= 0.3 is 6.18 Å². The molecule has 3 rings (SSSR count). The zero-order valence-corrected chi connectivity index (χ0v) is 14.1. The van der Waals surface area contributed by atoms with E-state index in [9.17, 15) is 18.0 Å². The van der Waals surface area contributed by atoms with Gasteiger partial charge in [0.25, 0.3) is 0 Å². The highest BCUT2D eigenvalue weighted by Crippen LogP contribution is 2.30. The maximum atomic E-state index is 12.9. The summed E-state index contributed by atoms with van der Waals surface area (Å²) < 4.78 is 40.2. The molecule has 3 aromatic rings. The van der Waals surface area contributed by atoms with Crippen molar-refractivity contribution in [2.75, 3.05) is 0 Å². The number of amides is 1. The van der Waals surface area contributed by atoms with Crippen LogP contribution in [0.15, 0.2) is 78.0 Å². The zero-order chi connectivity index (χ0) is 19.3. The highest BCUT2D eigenvalue weighted by Gasteiger charge is 2.30. The Morgan fingerprint density at radius 2 is 1.81 bits per heavy atom. The number of carbonyl (C=O) groups excluding carboxylic acids is 1. The molecule has 0 radical (unpaired) electrons. The molecule has 0 spiro atoms. The number of hydrogen-bond acceptors (Lipinski definition) is 2.